The van der Waals surface area contributed by atoms with Gasteiger partial charge in [-0.15, -0.1) is 23.1 Å². The largest absolute Gasteiger partial charge is 0.508 e. The molecule has 24 heavy (non-hydrogen) atoms. The summed E-state index contributed by atoms with van der Waals surface area (Å²) in [6.07, 6.45) is 0. The number of phenolic OH excluding ortho intramolecular Hbond substituents is 1. The van der Waals surface area contributed by atoms with Crippen molar-refractivity contribution in [2.24, 2.45) is 0 Å². The number of carbonyl (C=O) groups is 1. The molecule has 0 unspecified atom stereocenters. The maximum Gasteiger partial charge on any atom is 0.236 e. The number of rotatable bonds is 5. The van der Waals surface area contributed by atoms with E-state index in [0.29, 0.717) is 10.8 Å². The van der Waals surface area contributed by atoms with Crippen molar-refractivity contribution < 1.29 is 14.3 Å². The van der Waals surface area contributed by atoms with Gasteiger partial charge >= 0.3 is 0 Å². The fourth-order valence-corrected chi connectivity index (χ4v) is 3.37. The average Bonchev–Trinajstić information content (AvgIpc) is 3.03. The highest BCUT2D eigenvalue weighted by Crippen LogP contribution is 2.26. The molecule has 4 nitrogen and oxygen atoms in total. The van der Waals surface area contributed by atoms with Gasteiger partial charge in [-0.1, -0.05) is 0 Å². The number of thiazole rings is 1. The molecule has 0 bridgehead atoms. The lowest BCUT2D eigenvalue weighted by molar-refractivity contribution is -0.113. The zero-order chi connectivity index (χ0) is 16.9. The second kappa shape index (κ2) is 7.46. The zero-order valence-corrected chi connectivity index (χ0v) is 14.0. The predicted molar refractivity (Wildman–Crippen MR) is 95.0 cm³/mol. The van der Waals surface area contributed by atoms with Gasteiger partial charge in [0.2, 0.25) is 5.91 Å². The average molecular weight is 360 g/mol. The van der Waals surface area contributed by atoms with E-state index >= 15 is 0 Å². The number of nitrogens with zero attached hydrogens (tertiary/aromatic N) is 1. The van der Waals surface area contributed by atoms with Crippen LogP contribution in [-0.2, 0) is 4.79 Å². The Balaban J connectivity index is 1.57. The van der Waals surface area contributed by atoms with Crippen LogP contribution in [0.5, 0.6) is 5.75 Å². The third kappa shape index (κ3) is 4.33. The fraction of sp³-hybridized carbons (Fsp3) is 0.0588. The van der Waals surface area contributed by atoms with Crippen LogP contribution in [0, 0.1) is 5.82 Å². The Morgan fingerprint density at radius 3 is 2.58 bits per heavy atom. The fourth-order valence-electron chi connectivity index (χ4n) is 1.93. The van der Waals surface area contributed by atoms with E-state index in [2.05, 4.69) is 10.3 Å². The van der Waals surface area contributed by atoms with E-state index in [-0.39, 0.29) is 23.2 Å². The maximum atomic E-state index is 12.9. The van der Waals surface area contributed by atoms with Crippen molar-refractivity contribution in [3.63, 3.8) is 0 Å². The number of hydrogen-bond acceptors (Lipinski definition) is 5. The van der Waals surface area contributed by atoms with Gasteiger partial charge in [-0.2, -0.15) is 0 Å². The van der Waals surface area contributed by atoms with Crippen LogP contribution in [0.4, 0.5) is 9.52 Å². The Morgan fingerprint density at radius 2 is 1.88 bits per heavy atom. The number of nitrogens with one attached hydrogen (secondary N) is 1. The lowest BCUT2D eigenvalue weighted by atomic mass is 10.2. The summed E-state index contributed by atoms with van der Waals surface area (Å²) in [5.41, 5.74) is 1.49. The van der Waals surface area contributed by atoms with Crippen LogP contribution in [0.2, 0.25) is 0 Å². The Kier molecular flexibility index (Phi) is 5.12. The first-order valence-corrected chi connectivity index (χ1v) is 8.90. The minimum Gasteiger partial charge on any atom is -0.508 e. The van der Waals surface area contributed by atoms with Gasteiger partial charge in [0.1, 0.15) is 11.6 Å². The van der Waals surface area contributed by atoms with Crippen LogP contribution in [0.15, 0.2) is 58.8 Å². The normalized spacial score (nSPS) is 10.5. The van der Waals surface area contributed by atoms with Crippen molar-refractivity contribution in [2.75, 3.05) is 11.1 Å². The summed E-state index contributed by atoms with van der Waals surface area (Å²) in [6, 6.07) is 12.7. The van der Waals surface area contributed by atoms with Crippen molar-refractivity contribution >= 4 is 34.1 Å². The van der Waals surface area contributed by atoms with Gasteiger partial charge in [-0.25, -0.2) is 9.37 Å². The lowest BCUT2D eigenvalue weighted by Gasteiger charge is -2.02. The molecule has 2 N–H and O–H groups in total. The quantitative estimate of drug-likeness (QED) is 0.663. The van der Waals surface area contributed by atoms with Crippen LogP contribution in [0.25, 0.3) is 11.3 Å². The molecule has 0 aliphatic carbocycles. The van der Waals surface area contributed by atoms with Crippen LogP contribution >= 0.6 is 23.1 Å². The van der Waals surface area contributed by atoms with E-state index in [1.54, 1.807) is 36.4 Å². The van der Waals surface area contributed by atoms with Crippen molar-refractivity contribution in [1.29, 1.82) is 0 Å². The number of carbonyl (C=O) groups excluding carboxylic acids is 1. The molecule has 0 atom stereocenters. The van der Waals surface area contributed by atoms with Gasteiger partial charge in [0.15, 0.2) is 5.13 Å². The topological polar surface area (TPSA) is 62.2 Å². The van der Waals surface area contributed by atoms with E-state index in [4.69, 9.17) is 0 Å². The summed E-state index contributed by atoms with van der Waals surface area (Å²) in [5, 5.41) is 14.3. The van der Waals surface area contributed by atoms with Crippen molar-refractivity contribution in [3.05, 3.63) is 59.7 Å². The summed E-state index contributed by atoms with van der Waals surface area (Å²) in [6.45, 7) is 0. The number of phenols is 1. The molecule has 1 heterocycles. The molecule has 0 saturated carbocycles. The molecule has 0 saturated heterocycles. The second-order valence-corrected chi connectivity index (χ2v) is 6.78. The molecular weight excluding hydrogens is 347 g/mol. The van der Waals surface area contributed by atoms with Crippen molar-refractivity contribution in [2.45, 2.75) is 4.90 Å². The summed E-state index contributed by atoms with van der Waals surface area (Å²) in [7, 11) is 0. The Labute approximate surface area is 146 Å². The van der Waals surface area contributed by atoms with E-state index < -0.39 is 0 Å². The van der Waals surface area contributed by atoms with Crippen LogP contribution in [0.3, 0.4) is 0 Å². The minimum atomic E-state index is -0.297. The first-order chi connectivity index (χ1) is 11.6. The van der Waals surface area contributed by atoms with Crippen molar-refractivity contribution in [1.82, 2.24) is 4.98 Å². The smallest absolute Gasteiger partial charge is 0.236 e. The number of anilines is 1. The molecule has 3 aromatic rings. The van der Waals surface area contributed by atoms with Gasteiger partial charge in [0.25, 0.3) is 0 Å². The number of halogens is 1. The summed E-state index contributed by atoms with van der Waals surface area (Å²) in [4.78, 5) is 17.2. The van der Waals surface area contributed by atoms with E-state index in [9.17, 15) is 14.3 Å². The first-order valence-electron chi connectivity index (χ1n) is 7.03. The molecule has 0 aliphatic rings. The number of amides is 1. The molecule has 0 fully saturated rings. The highest BCUT2D eigenvalue weighted by atomic mass is 32.2. The van der Waals surface area contributed by atoms with Crippen LogP contribution in [0.1, 0.15) is 0 Å². The first kappa shape index (κ1) is 16.5. The van der Waals surface area contributed by atoms with Gasteiger partial charge in [-0.3, -0.25) is 4.79 Å². The Hall–Kier alpha value is -2.38. The lowest BCUT2D eigenvalue weighted by Crippen LogP contribution is -2.13. The molecule has 3 rings (SSSR count). The molecule has 0 aliphatic heterocycles. The van der Waals surface area contributed by atoms with E-state index in [1.165, 1.54) is 35.2 Å². The Bertz CT molecular complexity index is 833. The summed E-state index contributed by atoms with van der Waals surface area (Å²) in [5.74, 6) is -0.0160. The number of aromatic hydroxyl groups is 1. The SMILES string of the molecule is O=C(CSc1ccc(O)cc1)Nc1nc(-c2ccc(F)cc2)cs1. The van der Waals surface area contributed by atoms with Crippen LogP contribution < -0.4 is 5.32 Å². The number of aromatic nitrogens is 1. The van der Waals surface area contributed by atoms with Crippen molar-refractivity contribution in [3.8, 4) is 17.0 Å². The number of thioether (sulfide) groups is 1. The second-order valence-electron chi connectivity index (χ2n) is 4.88. The summed E-state index contributed by atoms with van der Waals surface area (Å²) >= 11 is 2.69. The van der Waals surface area contributed by atoms with Gasteiger partial charge in [0.05, 0.1) is 11.4 Å². The Morgan fingerprint density at radius 1 is 1.17 bits per heavy atom. The number of hydrogen-bond donors (Lipinski definition) is 2. The number of benzene rings is 2. The van der Waals surface area contributed by atoms with Gasteiger partial charge in [0, 0.05) is 15.8 Å². The summed E-state index contributed by atoms with van der Waals surface area (Å²) < 4.78 is 12.9. The standard InChI is InChI=1S/C17H13FN2O2S2/c18-12-3-1-11(2-4-12)15-9-24-17(19-15)20-16(22)10-23-14-7-5-13(21)6-8-14/h1-9,21H,10H2,(H,19,20,22). The zero-order valence-electron chi connectivity index (χ0n) is 12.4. The predicted octanol–water partition coefficient (Wildman–Crippen LogP) is 4.39. The molecule has 0 radical (unpaired) electrons. The van der Waals surface area contributed by atoms with E-state index in [1.807, 2.05) is 5.38 Å². The van der Waals surface area contributed by atoms with E-state index in [0.717, 1.165) is 10.5 Å². The molecule has 0 spiro atoms. The minimum absolute atomic E-state index is 0.159. The highest BCUT2D eigenvalue weighted by Gasteiger charge is 2.09. The molecular formula is C17H13FN2O2S2. The molecule has 122 valence electrons. The van der Waals surface area contributed by atoms with Gasteiger partial charge in [-0.05, 0) is 48.5 Å². The van der Waals surface area contributed by atoms with Crippen LogP contribution in [-0.4, -0.2) is 21.8 Å². The highest BCUT2D eigenvalue weighted by molar-refractivity contribution is 8.00. The third-order valence-corrected chi connectivity index (χ3v) is 4.87. The molecule has 1 aromatic heterocycles. The maximum absolute atomic E-state index is 12.9. The van der Waals surface area contributed by atoms with Gasteiger partial charge < -0.3 is 10.4 Å². The molecule has 1 amide bonds. The monoisotopic (exact) mass is 360 g/mol. The third-order valence-electron chi connectivity index (χ3n) is 3.10. The molecule has 7 heteroatoms. The molecule has 2 aromatic carbocycles.